The molecule has 0 bridgehead atoms. The number of H-pyrrole nitrogens is 2. The molecule has 2 aromatic rings. The lowest BCUT2D eigenvalue weighted by Crippen LogP contribution is -2.31. The summed E-state index contributed by atoms with van der Waals surface area (Å²) in [5.41, 5.74) is 6.08. The predicted octanol–water partition coefficient (Wildman–Crippen LogP) is 0.564. The molecule has 0 spiro atoms. The Morgan fingerprint density at radius 1 is 1.33 bits per heavy atom. The highest BCUT2D eigenvalue weighted by molar-refractivity contribution is 6.32. The van der Waals surface area contributed by atoms with E-state index >= 15 is 0 Å². The summed E-state index contributed by atoms with van der Waals surface area (Å²) in [6.07, 6.45) is 4.96. The molecule has 2 aromatic heterocycles. The molecule has 1 aliphatic heterocycles. The molecule has 142 valence electrons. The molecule has 1 aliphatic rings. The Morgan fingerprint density at radius 2 is 2.11 bits per heavy atom. The van der Waals surface area contributed by atoms with Gasteiger partial charge in [-0.2, -0.15) is 5.10 Å². The topological polar surface area (TPSA) is 118 Å². The molecular weight excluding hydrogens is 346 g/mol. The van der Waals surface area contributed by atoms with Crippen LogP contribution in [0.4, 0.5) is 0 Å². The maximum Gasteiger partial charge on any atom is 0.273 e. The number of imidazole rings is 1. The van der Waals surface area contributed by atoms with Gasteiger partial charge in [0.1, 0.15) is 5.71 Å². The van der Waals surface area contributed by atoms with E-state index in [1.54, 1.807) is 18.5 Å². The standard InChI is InChI=1S/C18H23N7O2/c1-10-13(22-11(2)14(10)18(27)21-7-8-25(3)4)9-12-15(23-24-17(12)26)16-19-5-6-20-16/h5-6,9,22H,7-8H2,1-4H3,(H,19,20)(H,21,27)(H,24,26). The number of hydrogen-bond donors (Lipinski definition) is 4. The summed E-state index contributed by atoms with van der Waals surface area (Å²) in [4.78, 5) is 37.0. The largest absolute Gasteiger partial charge is 0.358 e. The Morgan fingerprint density at radius 3 is 2.78 bits per heavy atom. The summed E-state index contributed by atoms with van der Waals surface area (Å²) >= 11 is 0. The van der Waals surface area contributed by atoms with Crippen LogP contribution >= 0.6 is 0 Å². The van der Waals surface area contributed by atoms with Crippen molar-refractivity contribution in [2.24, 2.45) is 5.10 Å². The first-order valence-electron chi connectivity index (χ1n) is 8.60. The Kier molecular flexibility index (Phi) is 5.22. The minimum atomic E-state index is -0.315. The lowest BCUT2D eigenvalue weighted by atomic mass is 10.1. The minimum Gasteiger partial charge on any atom is -0.358 e. The number of carbonyl (C=O) groups is 2. The van der Waals surface area contributed by atoms with E-state index in [1.165, 1.54) is 0 Å². The van der Waals surface area contributed by atoms with E-state index in [0.717, 1.165) is 17.8 Å². The second-order valence-electron chi connectivity index (χ2n) is 6.62. The fourth-order valence-electron chi connectivity index (χ4n) is 2.93. The van der Waals surface area contributed by atoms with Crippen LogP contribution in [0.25, 0.3) is 6.08 Å². The van der Waals surface area contributed by atoms with Crippen LogP contribution in [0.2, 0.25) is 0 Å². The number of aromatic amines is 2. The van der Waals surface area contributed by atoms with Crippen LogP contribution in [0.1, 0.15) is 33.1 Å². The van der Waals surface area contributed by atoms with Gasteiger partial charge >= 0.3 is 0 Å². The van der Waals surface area contributed by atoms with E-state index in [9.17, 15) is 9.59 Å². The molecule has 0 atom stereocenters. The number of likely N-dealkylation sites (N-methyl/N-ethyl adjacent to an activating group) is 1. The van der Waals surface area contributed by atoms with Gasteiger partial charge in [0.05, 0.1) is 11.1 Å². The van der Waals surface area contributed by atoms with Gasteiger partial charge in [-0.25, -0.2) is 10.4 Å². The third-order valence-electron chi connectivity index (χ3n) is 4.33. The predicted molar refractivity (Wildman–Crippen MR) is 102 cm³/mol. The van der Waals surface area contributed by atoms with Gasteiger partial charge in [0, 0.05) is 36.9 Å². The van der Waals surface area contributed by atoms with Crippen LogP contribution in [-0.2, 0) is 4.79 Å². The first-order valence-corrected chi connectivity index (χ1v) is 8.60. The monoisotopic (exact) mass is 369 g/mol. The van der Waals surface area contributed by atoms with E-state index in [4.69, 9.17) is 0 Å². The molecule has 0 saturated heterocycles. The van der Waals surface area contributed by atoms with Gasteiger partial charge in [-0.1, -0.05) is 0 Å². The van der Waals surface area contributed by atoms with E-state index in [0.29, 0.717) is 34.9 Å². The molecule has 0 aliphatic carbocycles. The van der Waals surface area contributed by atoms with E-state index in [1.807, 2.05) is 32.8 Å². The quantitative estimate of drug-likeness (QED) is 0.557. The molecular formula is C18H23N7O2. The summed E-state index contributed by atoms with van der Waals surface area (Å²) in [6.45, 7) is 5.01. The third-order valence-corrected chi connectivity index (χ3v) is 4.33. The first-order chi connectivity index (χ1) is 12.9. The summed E-state index contributed by atoms with van der Waals surface area (Å²) < 4.78 is 0. The zero-order chi connectivity index (χ0) is 19.6. The Labute approximate surface area is 156 Å². The Balaban J connectivity index is 1.88. The fraction of sp³-hybridized carbons (Fsp3) is 0.333. The number of hydrogen-bond acceptors (Lipinski definition) is 5. The first kappa shape index (κ1) is 18.6. The number of nitrogens with zero attached hydrogens (tertiary/aromatic N) is 3. The molecule has 0 fully saturated rings. The average Bonchev–Trinajstić information content (AvgIpc) is 3.30. The van der Waals surface area contributed by atoms with E-state index in [2.05, 4.69) is 30.8 Å². The third kappa shape index (κ3) is 3.82. The molecule has 3 heterocycles. The second-order valence-corrected chi connectivity index (χ2v) is 6.62. The zero-order valence-electron chi connectivity index (χ0n) is 15.8. The Bertz CT molecular complexity index is 920. The number of carbonyl (C=O) groups excluding carboxylic acids is 2. The summed E-state index contributed by atoms with van der Waals surface area (Å²) in [7, 11) is 3.90. The van der Waals surface area contributed by atoms with Crippen molar-refractivity contribution in [1.29, 1.82) is 0 Å². The molecule has 2 amide bonds. The molecule has 0 saturated carbocycles. The fourth-order valence-corrected chi connectivity index (χ4v) is 2.93. The number of aryl methyl sites for hydroxylation is 1. The van der Waals surface area contributed by atoms with Crippen LogP contribution in [-0.4, -0.2) is 64.6 Å². The number of hydrazone groups is 1. The van der Waals surface area contributed by atoms with Gasteiger partial charge in [-0.3, -0.25) is 9.59 Å². The van der Waals surface area contributed by atoms with Crippen molar-refractivity contribution in [1.82, 2.24) is 30.6 Å². The van der Waals surface area contributed by atoms with Gasteiger partial charge < -0.3 is 20.2 Å². The van der Waals surface area contributed by atoms with Gasteiger partial charge in [-0.15, -0.1) is 0 Å². The van der Waals surface area contributed by atoms with Gasteiger partial charge in [0.25, 0.3) is 11.8 Å². The molecule has 0 radical (unpaired) electrons. The second kappa shape index (κ2) is 7.58. The van der Waals surface area contributed by atoms with Gasteiger partial charge in [0.2, 0.25) is 0 Å². The van der Waals surface area contributed by atoms with Crippen molar-refractivity contribution in [3.63, 3.8) is 0 Å². The van der Waals surface area contributed by atoms with Crippen molar-refractivity contribution in [2.45, 2.75) is 13.8 Å². The maximum absolute atomic E-state index is 12.5. The molecule has 0 unspecified atom stereocenters. The lowest BCUT2D eigenvalue weighted by molar-refractivity contribution is -0.116. The van der Waals surface area contributed by atoms with Crippen LogP contribution in [0.3, 0.4) is 0 Å². The molecule has 3 rings (SSSR count). The average molecular weight is 369 g/mol. The van der Waals surface area contributed by atoms with Crippen LogP contribution < -0.4 is 10.7 Å². The molecule has 27 heavy (non-hydrogen) atoms. The molecule has 4 N–H and O–H groups in total. The number of rotatable bonds is 6. The summed E-state index contributed by atoms with van der Waals surface area (Å²) in [6, 6.07) is 0. The normalized spacial score (nSPS) is 15.4. The van der Waals surface area contributed by atoms with Crippen LogP contribution in [0.15, 0.2) is 23.1 Å². The highest BCUT2D eigenvalue weighted by Crippen LogP contribution is 2.22. The summed E-state index contributed by atoms with van der Waals surface area (Å²) in [5, 5.41) is 6.96. The Hall–Kier alpha value is -3.20. The van der Waals surface area contributed by atoms with Gasteiger partial charge in [0.15, 0.2) is 5.82 Å². The van der Waals surface area contributed by atoms with Crippen molar-refractivity contribution < 1.29 is 9.59 Å². The molecule has 0 aromatic carbocycles. The van der Waals surface area contributed by atoms with Crippen LogP contribution in [0.5, 0.6) is 0 Å². The minimum absolute atomic E-state index is 0.136. The van der Waals surface area contributed by atoms with Gasteiger partial charge in [-0.05, 0) is 39.6 Å². The maximum atomic E-state index is 12.5. The van der Waals surface area contributed by atoms with Crippen molar-refractivity contribution in [3.8, 4) is 0 Å². The highest BCUT2D eigenvalue weighted by atomic mass is 16.2. The molecule has 9 nitrogen and oxygen atoms in total. The summed E-state index contributed by atoms with van der Waals surface area (Å²) in [5.74, 6) is 0.0516. The zero-order valence-corrected chi connectivity index (χ0v) is 15.8. The number of nitrogens with one attached hydrogen (secondary N) is 4. The van der Waals surface area contributed by atoms with E-state index in [-0.39, 0.29) is 11.8 Å². The van der Waals surface area contributed by atoms with Crippen LogP contribution in [0, 0.1) is 13.8 Å². The SMILES string of the molecule is Cc1[nH]c(C=C2C(=O)NN=C2c2ncc[nH]2)c(C)c1C(=O)NCCN(C)C. The number of aromatic nitrogens is 3. The van der Waals surface area contributed by atoms with E-state index < -0.39 is 0 Å². The number of amides is 2. The smallest absolute Gasteiger partial charge is 0.273 e. The highest BCUT2D eigenvalue weighted by Gasteiger charge is 2.27. The lowest BCUT2D eigenvalue weighted by Gasteiger charge is -2.10. The molecule has 9 heteroatoms. The van der Waals surface area contributed by atoms with Crippen molar-refractivity contribution in [3.05, 3.63) is 46.3 Å². The van der Waals surface area contributed by atoms with Crippen molar-refractivity contribution >= 4 is 23.6 Å². The van der Waals surface area contributed by atoms with Crippen molar-refractivity contribution in [2.75, 3.05) is 27.2 Å².